The van der Waals surface area contributed by atoms with Gasteiger partial charge in [-0.3, -0.25) is 9.48 Å². The molecule has 4 fully saturated rings. The summed E-state index contributed by atoms with van der Waals surface area (Å²) in [5.41, 5.74) is 4.35. The first-order chi connectivity index (χ1) is 18.5. The summed E-state index contributed by atoms with van der Waals surface area (Å²) in [5.74, 6) is 3.23. The summed E-state index contributed by atoms with van der Waals surface area (Å²) in [6, 6.07) is 6.00. The van der Waals surface area contributed by atoms with Gasteiger partial charge in [0.1, 0.15) is 12.0 Å². The molecular formula is C25H25ClN10O2. The lowest BCUT2D eigenvalue weighted by molar-refractivity contribution is 0.0946. The van der Waals surface area contributed by atoms with Gasteiger partial charge >= 0.3 is 0 Å². The Bertz CT molecular complexity index is 1520. The van der Waals surface area contributed by atoms with E-state index in [2.05, 4.69) is 35.8 Å². The molecule has 2 saturated carbocycles. The fourth-order valence-electron chi connectivity index (χ4n) is 5.74. The fourth-order valence-corrected chi connectivity index (χ4v) is 5.93. The number of tetrazole rings is 1. The SMILES string of the molecule is COCc1nn(Cc2cnc(N3CC4C5C4C53)nc2C)cc1C(=O)NCc1cc(Cl)ccc1-n1cnnn1. The van der Waals surface area contributed by atoms with Gasteiger partial charge in [-0.1, -0.05) is 11.6 Å². The third kappa shape index (κ3) is 3.91. The Labute approximate surface area is 223 Å². The molecular weight excluding hydrogens is 508 g/mol. The molecule has 1 N–H and O–H groups in total. The number of anilines is 1. The van der Waals surface area contributed by atoms with Crippen LogP contribution in [0.4, 0.5) is 5.95 Å². The van der Waals surface area contributed by atoms with Crippen molar-refractivity contribution in [2.24, 2.45) is 17.8 Å². The number of nitrogens with zero attached hydrogens (tertiary/aromatic N) is 9. The van der Waals surface area contributed by atoms with Crippen molar-refractivity contribution in [3.05, 3.63) is 70.0 Å². The van der Waals surface area contributed by atoms with Gasteiger partial charge in [0.2, 0.25) is 5.95 Å². The van der Waals surface area contributed by atoms with Crippen LogP contribution in [-0.4, -0.2) is 65.6 Å². The predicted molar refractivity (Wildman–Crippen MR) is 136 cm³/mol. The van der Waals surface area contributed by atoms with Crippen LogP contribution in [0.25, 0.3) is 5.69 Å². The van der Waals surface area contributed by atoms with E-state index < -0.39 is 0 Å². The standard InChI is InChI=1S/C25H25ClN10O2/c1-13-15(7-28-25(30-13)35-10-18-21-22(18)23(21)35)8-34-9-17(19(31-34)11-38-2)24(37)27-6-14-5-16(26)3-4-20(14)36-12-29-32-33-36/h3-5,7,9,12,18,21-23H,6,8,10-11H2,1-2H3,(H,27,37). The van der Waals surface area contributed by atoms with Crippen LogP contribution in [0.1, 0.15) is 32.9 Å². The minimum atomic E-state index is -0.273. The lowest BCUT2D eigenvalue weighted by Crippen LogP contribution is -2.24. The normalized spacial score (nSPS) is 22.4. The third-order valence-electron chi connectivity index (χ3n) is 7.81. The first kappa shape index (κ1) is 23.2. The number of hydrogen-bond acceptors (Lipinski definition) is 9. The average Bonchev–Trinajstić information content (AvgIpc) is 3.41. The van der Waals surface area contributed by atoms with Crippen molar-refractivity contribution >= 4 is 23.5 Å². The van der Waals surface area contributed by atoms with Gasteiger partial charge < -0.3 is 15.0 Å². The van der Waals surface area contributed by atoms with Gasteiger partial charge in [0.15, 0.2) is 0 Å². The number of piperidine rings is 1. The molecule has 5 heterocycles. The molecule has 2 atom stereocenters. The van der Waals surface area contributed by atoms with Crippen LogP contribution in [0.2, 0.25) is 5.02 Å². The molecule has 12 nitrogen and oxygen atoms in total. The number of hydrogen-bond donors (Lipinski definition) is 1. The lowest BCUT2D eigenvalue weighted by atomic mass is 10.1. The molecule has 4 aromatic rings. The van der Waals surface area contributed by atoms with E-state index in [1.54, 1.807) is 36.2 Å². The zero-order valence-corrected chi connectivity index (χ0v) is 21.6. The van der Waals surface area contributed by atoms with Gasteiger partial charge in [-0.25, -0.2) is 14.6 Å². The van der Waals surface area contributed by atoms with Crippen LogP contribution in [-0.2, 0) is 24.4 Å². The topological polar surface area (TPSA) is 129 Å². The Hall–Kier alpha value is -3.90. The number of halogens is 1. The summed E-state index contributed by atoms with van der Waals surface area (Å²) in [7, 11) is 1.58. The first-order valence-corrected chi connectivity index (χ1v) is 12.8. The van der Waals surface area contributed by atoms with E-state index in [1.807, 2.05) is 13.1 Å². The second kappa shape index (κ2) is 8.84. The molecule has 1 amide bonds. The number of ether oxygens (including phenoxy) is 1. The predicted octanol–water partition coefficient (Wildman–Crippen LogP) is 1.80. The Morgan fingerprint density at radius 1 is 1.26 bits per heavy atom. The maximum Gasteiger partial charge on any atom is 0.255 e. The average molecular weight is 533 g/mol. The molecule has 194 valence electrons. The molecule has 2 aliphatic carbocycles. The molecule has 2 bridgehead atoms. The number of methoxy groups -OCH3 is 1. The summed E-state index contributed by atoms with van der Waals surface area (Å²) < 4.78 is 8.57. The molecule has 0 spiro atoms. The highest BCUT2D eigenvalue weighted by Crippen LogP contribution is 2.75. The van der Waals surface area contributed by atoms with E-state index in [9.17, 15) is 4.79 Å². The Morgan fingerprint density at radius 3 is 2.84 bits per heavy atom. The lowest BCUT2D eigenvalue weighted by Gasteiger charge is -2.17. The maximum absolute atomic E-state index is 13.2. The van der Waals surface area contributed by atoms with E-state index >= 15 is 0 Å². The molecule has 8 rings (SSSR count). The second-order valence-corrected chi connectivity index (χ2v) is 10.5. The largest absolute Gasteiger partial charge is 0.378 e. The number of nitrogens with one attached hydrogen (secondary N) is 1. The Kier molecular flexibility index (Phi) is 5.41. The highest BCUT2D eigenvalue weighted by atomic mass is 35.5. The van der Waals surface area contributed by atoms with Crippen LogP contribution in [0, 0.1) is 24.7 Å². The number of amides is 1. The number of carbonyl (C=O) groups is 1. The van der Waals surface area contributed by atoms with Crippen molar-refractivity contribution in [2.75, 3.05) is 18.6 Å². The van der Waals surface area contributed by atoms with Crippen molar-refractivity contribution in [2.45, 2.75) is 32.7 Å². The monoisotopic (exact) mass is 532 g/mol. The summed E-state index contributed by atoms with van der Waals surface area (Å²) in [5, 5.41) is 19.4. The van der Waals surface area contributed by atoms with E-state index in [4.69, 9.17) is 21.3 Å². The minimum Gasteiger partial charge on any atom is -0.378 e. The number of carbonyl (C=O) groups excluding carboxylic acids is 1. The van der Waals surface area contributed by atoms with E-state index in [1.165, 1.54) is 11.0 Å². The number of fused-ring (bicyclic) bond motifs is 1. The summed E-state index contributed by atoms with van der Waals surface area (Å²) >= 11 is 6.21. The first-order valence-electron chi connectivity index (χ1n) is 12.5. The zero-order chi connectivity index (χ0) is 26.0. The molecule has 2 aliphatic heterocycles. The van der Waals surface area contributed by atoms with Crippen molar-refractivity contribution in [1.29, 1.82) is 0 Å². The number of aryl methyl sites for hydroxylation is 1. The molecule has 38 heavy (non-hydrogen) atoms. The fraction of sp³-hybridized carbons (Fsp3) is 0.400. The maximum atomic E-state index is 13.2. The number of benzene rings is 1. The molecule has 2 saturated heterocycles. The van der Waals surface area contributed by atoms with Gasteiger partial charge in [-0.15, -0.1) is 5.10 Å². The highest BCUT2D eigenvalue weighted by molar-refractivity contribution is 6.30. The van der Waals surface area contributed by atoms with Crippen LogP contribution >= 0.6 is 11.6 Å². The molecule has 3 aromatic heterocycles. The van der Waals surface area contributed by atoms with Crippen molar-refractivity contribution < 1.29 is 9.53 Å². The third-order valence-corrected chi connectivity index (χ3v) is 8.04. The summed E-state index contributed by atoms with van der Waals surface area (Å²) in [6.07, 6.45) is 5.10. The zero-order valence-electron chi connectivity index (χ0n) is 20.8. The van der Waals surface area contributed by atoms with Gasteiger partial charge in [0, 0.05) is 54.9 Å². The van der Waals surface area contributed by atoms with Crippen LogP contribution in [0.15, 0.2) is 36.9 Å². The van der Waals surface area contributed by atoms with E-state index in [0.717, 1.165) is 52.8 Å². The van der Waals surface area contributed by atoms with Crippen molar-refractivity contribution in [3.63, 3.8) is 0 Å². The summed E-state index contributed by atoms with van der Waals surface area (Å²) in [4.78, 5) is 25.0. The van der Waals surface area contributed by atoms with Crippen LogP contribution in [0.3, 0.4) is 0 Å². The number of rotatable bonds is 9. The second-order valence-electron chi connectivity index (χ2n) is 10.1. The Morgan fingerprint density at radius 2 is 2.13 bits per heavy atom. The van der Waals surface area contributed by atoms with Crippen LogP contribution < -0.4 is 10.2 Å². The van der Waals surface area contributed by atoms with Gasteiger partial charge in [0.05, 0.1) is 24.4 Å². The highest BCUT2D eigenvalue weighted by Gasteiger charge is 2.81. The molecule has 13 heteroatoms. The smallest absolute Gasteiger partial charge is 0.255 e. The molecule has 2 unspecified atom stereocenters. The molecule has 4 aliphatic rings. The Balaban J connectivity index is 1.07. The quantitative estimate of drug-likeness (QED) is 0.343. The van der Waals surface area contributed by atoms with Gasteiger partial charge in [-0.2, -0.15) is 5.10 Å². The van der Waals surface area contributed by atoms with Crippen molar-refractivity contribution in [3.8, 4) is 5.69 Å². The van der Waals surface area contributed by atoms with Crippen LogP contribution in [0.5, 0.6) is 0 Å². The molecule has 1 aromatic carbocycles. The van der Waals surface area contributed by atoms with Crippen molar-refractivity contribution in [1.82, 2.24) is 45.3 Å². The van der Waals surface area contributed by atoms with Gasteiger partial charge in [-0.05, 0) is 58.9 Å². The minimum absolute atomic E-state index is 0.205. The number of aromatic nitrogens is 8. The van der Waals surface area contributed by atoms with Gasteiger partial charge in [0.25, 0.3) is 5.91 Å². The molecule has 0 radical (unpaired) electrons. The summed E-state index contributed by atoms with van der Waals surface area (Å²) in [6.45, 7) is 3.96. The van der Waals surface area contributed by atoms with E-state index in [0.29, 0.717) is 28.9 Å². The van der Waals surface area contributed by atoms with E-state index in [-0.39, 0.29) is 19.1 Å².